The first-order valence-electron chi connectivity index (χ1n) is 15.8. The number of benzene rings is 2. The summed E-state index contributed by atoms with van der Waals surface area (Å²) in [6, 6.07) is 5.62. The predicted octanol–water partition coefficient (Wildman–Crippen LogP) is 4.52. The van der Waals surface area contributed by atoms with Gasteiger partial charge in [-0.2, -0.15) is 9.97 Å². The van der Waals surface area contributed by atoms with Crippen LogP contribution in [-0.2, 0) is 4.57 Å². The van der Waals surface area contributed by atoms with Crippen LogP contribution in [-0.4, -0.2) is 80.0 Å². The molecule has 4 aromatic rings. The molecule has 11 nitrogen and oxygen atoms in total. The summed E-state index contributed by atoms with van der Waals surface area (Å²) < 4.78 is 54.9. The number of fused-ring (bicyclic) bond motifs is 5. The van der Waals surface area contributed by atoms with Gasteiger partial charge in [-0.05, 0) is 75.2 Å². The highest BCUT2D eigenvalue weighted by Gasteiger charge is 2.45. The predicted molar refractivity (Wildman–Crippen MR) is 171 cm³/mol. The maximum Gasteiger partial charge on any atom is 0.524 e. The van der Waals surface area contributed by atoms with Crippen molar-refractivity contribution >= 4 is 35.3 Å². The van der Waals surface area contributed by atoms with Gasteiger partial charge in [0, 0.05) is 42.3 Å². The van der Waals surface area contributed by atoms with Gasteiger partial charge in [-0.3, -0.25) is 19.7 Å². The molecule has 3 N–H and O–H groups in total. The maximum absolute atomic E-state index is 16.9. The van der Waals surface area contributed by atoms with Gasteiger partial charge < -0.3 is 19.5 Å². The van der Waals surface area contributed by atoms with Gasteiger partial charge in [0.2, 0.25) is 0 Å². The number of rotatable bonds is 7. The number of pyridine rings is 1. The third-order valence-corrected chi connectivity index (χ3v) is 10.6. The van der Waals surface area contributed by atoms with Crippen LogP contribution in [0.4, 0.5) is 14.6 Å². The van der Waals surface area contributed by atoms with Gasteiger partial charge >= 0.3 is 13.8 Å². The van der Waals surface area contributed by atoms with E-state index in [1.807, 2.05) is 0 Å². The molecule has 2 aromatic carbocycles. The van der Waals surface area contributed by atoms with Crippen LogP contribution in [0.1, 0.15) is 44.1 Å². The molecule has 244 valence electrons. The molecule has 4 fully saturated rings. The smallest absolute Gasteiger partial charge is 0.461 e. The summed E-state index contributed by atoms with van der Waals surface area (Å²) in [7, 11) is -5.00. The molecule has 2 aromatic heterocycles. The van der Waals surface area contributed by atoms with E-state index in [4.69, 9.17) is 20.7 Å². The first kappa shape index (κ1) is 30.4. The number of halogens is 2. The maximum atomic E-state index is 16.9. The van der Waals surface area contributed by atoms with Crippen molar-refractivity contribution in [2.45, 2.75) is 56.1 Å². The molecule has 8 rings (SSSR count). The third kappa shape index (κ3) is 5.38. The Morgan fingerprint density at radius 2 is 1.85 bits per heavy atom. The van der Waals surface area contributed by atoms with Crippen molar-refractivity contribution in [1.82, 2.24) is 25.2 Å². The van der Waals surface area contributed by atoms with Crippen molar-refractivity contribution < 1.29 is 32.4 Å². The molecule has 14 heteroatoms. The lowest BCUT2D eigenvalue weighted by Crippen LogP contribution is -2.51. The Kier molecular flexibility index (Phi) is 7.35. The minimum Gasteiger partial charge on any atom is -0.461 e. The van der Waals surface area contributed by atoms with Crippen molar-refractivity contribution in [2.24, 2.45) is 0 Å². The largest absolute Gasteiger partial charge is 0.524 e. The molecule has 4 aliphatic rings. The van der Waals surface area contributed by atoms with Gasteiger partial charge in [0.1, 0.15) is 35.2 Å². The Morgan fingerprint density at radius 3 is 2.55 bits per heavy atom. The molecule has 0 spiro atoms. The van der Waals surface area contributed by atoms with E-state index in [9.17, 15) is 18.7 Å². The van der Waals surface area contributed by atoms with Crippen LogP contribution in [0.15, 0.2) is 30.5 Å². The van der Waals surface area contributed by atoms with E-state index in [2.05, 4.69) is 31.0 Å². The number of hydrogen-bond donors (Lipinski definition) is 3. The van der Waals surface area contributed by atoms with E-state index >= 15 is 4.39 Å². The van der Waals surface area contributed by atoms with Gasteiger partial charge in [0.25, 0.3) is 0 Å². The molecule has 2 atom stereocenters. The van der Waals surface area contributed by atoms with E-state index in [0.717, 1.165) is 57.7 Å². The topological polar surface area (TPSA) is 133 Å². The highest BCUT2D eigenvalue weighted by atomic mass is 31.2. The lowest BCUT2D eigenvalue weighted by molar-refractivity contribution is 0.108. The average Bonchev–Trinajstić information content (AvgIpc) is 3.72. The summed E-state index contributed by atoms with van der Waals surface area (Å²) in [6.45, 7) is 3.81. The van der Waals surface area contributed by atoms with E-state index < -0.39 is 19.5 Å². The third-order valence-electron chi connectivity index (χ3n) is 10.1. The summed E-state index contributed by atoms with van der Waals surface area (Å²) in [5, 5.41) is 4.42. The van der Waals surface area contributed by atoms with E-state index in [1.54, 1.807) is 0 Å². The molecule has 0 saturated carbocycles. The summed E-state index contributed by atoms with van der Waals surface area (Å²) >= 11 is 0. The highest BCUT2D eigenvalue weighted by Crippen LogP contribution is 2.44. The zero-order valence-corrected chi connectivity index (χ0v) is 26.3. The number of ether oxygens (including phenoxy) is 1. The molecule has 4 saturated heterocycles. The highest BCUT2D eigenvalue weighted by molar-refractivity contribution is 7.46. The van der Waals surface area contributed by atoms with Crippen LogP contribution in [0, 0.1) is 24.0 Å². The fourth-order valence-corrected chi connectivity index (χ4v) is 8.46. The minimum atomic E-state index is -5.00. The number of anilines is 1. The van der Waals surface area contributed by atoms with Crippen molar-refractivity contribution in [1.29, 1.82) is 0 Å². The second kappa shape index (κ2) is 11.4. The quantitative estimate of drug-likeness (QED) is 0.191. The lowest BCUT2D eigenvalue weighted by Gasteiger charge is -2.34. The number of terminal acetylenes is 1. The van der Waals surface area contributed by atoms with Crippen molar-refractivity contribution in [2.75, 3.05) is 37.7 Å². The minimum absolute atomic E-state index is 0.00732. The standard InChI is InChI=1S/C33H33F2N6O5P/c1-2-23-26(34)8-5-19-13-22(46-47(42,43)44)14-24(27(19)23)29-28(35)30-25(15-36-29)31(40-16-20-6-7-21(17-40)37-20)39-32(38-30)45-18-33-9-3-11-41(33)12-4-10-33/h1,5,8,13-15,20-21,37H,3-4,6-7,9-12,16-18H2,(H2,42,43,44). The fourth-order valence-electron chi connectivity index (χ4n) is 8.08. The van der Waals surface area contributed by atoms with Gasteiger partial charge in [-0.15, -0.1) is 6.42 Å². The number of phosphoric ester groups is 1. The van der Waals surface area contributed by atoms with E-state index in [0.29, 0.717) is 30.9 Å². The van der Waals surface area contributed by atoms with Crippen LogP contribution in [0.25, 0.3) is 32.9 Å². The Balaban J connectivity index is 1.30. The van der Waals surface area contributed by atoms with Gasteiger partial charge in [-0.25, -0.2) is 13.3 Å². The zero-order chi connectivity index (χ0) is 32.5. The fraction of sp³-hybridized carbons (Fsp3) is 0.424. The summed E-state index contributed by atoms with van der Waals surface area (Å²) in [5.74, 6) is 1.03. The Bertz CT molecular complexity index is 2000. The second-order valence-corrected chi connectivity index (χ2v) is 14.1. The molecule has 2 bridgehead atoms. The zero-order valence-electron chi connectivity index (χ0n) is 25.5. The van der Waals surface area contributed by atoms with E-state index in [-0.39, 0.29) is 62.5 Å². The lowest BCUT2D eigenvalue weighted by atomic mass is 9.95. The first-order chi connectivity index (χ1) is 22.6. The molecular formula is C33H33F2N6O5P. The summed E-state index contributed by atoms with van der Waals surface area (Å²) in [6.07, 6.45) is 13.5. The Hall–Kier alpha value is -3.92. The van der Waals surface area contributed by atoms with Crippen LogP contribution in [0.2, 0.25) is 0 Å². The first-order valence-corrected chi connectivity index (χ1v) is 17.4. The molecule has 0 aliphatic carbocycles. The van der Waals surface area contributed by atoms with Crippen molar-refractivity contribution in [3.8, 4) is 35.4 Å². The number of nitrogens with zero attached hydrogens (tertiary/aromatic N) is 5. The number of nitrogens with one attached hydrogen (secondary N) is 1. The monoisotopic (exact) mass is 662 g/mol. The van der Waals surface area contributed by atoms with E-state index in [1.165, 1.54) is 24.4 Å². The number of phosphoric acid groups is 1. The molecular weight excluding hydrogens is 629 g/mol. The van der Waals surface area contributed by atoms with Gasteiger partial charge in [0.15, 0.2) is 5.82 Å². The number of hydrogen-bond acceptors (Lipinski definition) is 9. The summed E-state index contributed by atoms with van der Waals surface area (Å²) in [5.41, 5.74) is -0.522. The SMILES string of the molecule is C#Cc1c(F)ccc2cc(OP(=O)(O)O)cc(-c3ncc4c(N5CC6CCC(C5)N6)nc(OCC56CCCN5CCC6)nc4c3F)c12. The molecule has 4 aliphatic heterocycles. The molecule has 0 amide bonds. The second-order valence-electron chi connectivity index (χ2n) is 13.0. The molecule has 6 heterocycles. The van der Waals surface area contributed by atoms with Crippen molar-refractivity contribution in [3.05, 3.63) is 47.7 Å². The molecule has 47 heavy (non-hydrogen) atoms. The van der Waals surface area contributed by atoms with Gasteiger partial charge in [0.05, 0.1) is 16.5 Å². The van der Waals surface area contributed by atoms with Crippen LogP contribution >= 0.6 is 7.82 Å². The van der Waals surface area contributed by atoms with Crippen LogP contribution in [0.5, 0.6) is 11.8 Å². The van der Waals surface area contributed by atoms with Crippen molar-refractivity contribution in [3.63, 3.8) is 0 Å². The number of piperazine rings is 1. The summed E-state index contributed by atoms with van der Waals surface area (Å²) in [4.78, 5) is 37.5. The molecule has 0 radical (unpaired) electrons. The molecule has 2 unspecified atom stereocenters. The Labute approximate surface area is 269 Å². The Morgan fingerprint density at radius 1 is 1.11 bits per heavy atom. The normalized spacial score (nSPS) is 22.1. The average molecular weight is 663 g/mol. The van der Waals surface area contributed by atoms with Crippen LogP contribution in [0.3, 0.4) is 0 Å². The van der Waals surface area contributed by atoms with Crippen LogP contribution < -0.4 is 19.5 Å². The number of aromatic nitrogens is 3. The van der Waals surface area contributed by atoms with Gasteiger partial charge in [-0.1, -0.05) is 12.0 Å².